The lowest BCUT2D eigenvalue weighted by molar-refractivity contribution is 0.528. The summed E-state index contributed by atoms with van der Waals surface area (Å²) in [5.41, 5.74) is 1.77. The first-order chi connectivity index (χ1) is 13.2. The average molecular weight is 399 g/mol. The molecule has 0 aliphatic carbocycles. The molecule has 0 N–H and O–H groups in total. The first kappa shape index (κ1) is 17.7. The van der Waals surface area contributed by atoms with Crippen molar-refractivity contribution in [3.63, 3.8) is 0 Å². The summed E-state index contributed by atoms with van der Waals surface area (Å²) in [6.07, 6.45) is 3.49. The third-order valence-electron chi connectivity index (χ3n) is 3.83. The summed E-state index contributed by atoms with van der Waals surface area (Å²) in [5.74, 6) is 2.28. The van der Waals surface area contributed by atoms with Crippen molar-refractivity contribution in [2.24, 2.45) is 0 Å². The van der Waals surface area contributed by atoms with Crippen LogP contribution < -0.4 is 0 Å². The topological polar surface area (TPSA) is 82.5 Å². The Labute approximate surface area is 164 Å². The first-order valence-corrected chi connectivity index (χ1v) is 9.65. The molecule has 0 spiro atoms. The second kappa shape index (κ2) is 7.89. The van der Waals surface area contributed by atoms with Gasteiger partial charge in [0, 0.05) is 35.1 Å². The molecule has 0 bridgehead atoms. The Balaban J connectivity index is 1.51. The van der Waals surface area contributed by atoms with Gasteiger partial charge in [-0.25, -0.2) is 0 Å². The van der Waals surface area contributed by atoms with Crippen molar-refractivity contribution in [2.75, 3.05) is 0 Å². The minimum atomic E-state index is 0.447. The number of hydrogen-bond donors (Lipinski definition) is 0. The van der Waals surface area contributed by atoms with Crippen LogP contribution in [0.15, 0.2) is 58.4 Å². The Kier molecular flexibility index (Phi) is 5.17. The number of rotatable bonds is 6. The lowest BCUT2D eigenvalue weighted by atomic mass is 10.2. The van der Waals surface area contributed by atoms with Crippen LogP contribution >= 0.6 is 23.4 Å². The fraction of sp³-hybridized carbons (Fsp3) is 0.167. The molecule has 4 rings (SSSR count). The third-order valence-corrected chi connectivity index (χ3v) is 5.02. The molecule has 0 aliphatic heterocycles. The van der Waals surface area contributed by atoms with Gasteiger partial charge in [-0.2, -0.15) is 0 Å². The summed E-state index contributed by atoms with van der Waals surface area (Å²) in [6.45, 7) is 2.81. The lowest BCUT2D eigenvalue weighted by Gasteiger charge is -2.06. The zero-order valence-corrected chi connectivity index (χ0v) is 16.0. The van der Waals surface area contributed by atoms with Crippen molar-refractivity contribution in [1.82, 2.24) is 29.9 Å². The first-order valence-electron chi connectivity index (χ1n) is 8.29. The zero-order valence-electron chi connectivity index (χ0n) is 14.4. The molecule has 0 saturated carbocycles. The molecule has 0 aliphatic rings. The van der Waals surface area contributed by atoms with Crippen LogP contribution in [0, 0.1) is 0 Å². The van der Waals surface area contributed by atoms with Crippen LogP contribution in [0.25, 0.3) is 22.8 Å². The van der Waals surface area contributed by atoms with Crippen molar-refractivity contribution < 1.29 is 4.42 Å². The van der Waals surface area contributed by atoms with Crippen LogP contribution in [0.1, 0.15) is 12.8 Å². The van der Waals surface area contributed by atoms with Crippen LogP contribution in [0.4, 0.5) is 0 Å². The van der Waals surface area contributed by atoms with Gasteiger partial charge in [-0.1, -0.05) is 29.4 Å². The van der Waals surface area contributed by atoms with E-state index in [4.69, 9.17) is 16.0 Å². The molecule has 136 valence electrons. The fourth-order valence-corrected chi connectivity index (χ4v) is 3.60. The Morgan fingerprint density at radius 2 is 1.89 bits per heavy atom. The van der Waals surface area contributed by atoms with E-state index in [1.165, 1.54) is 11.8 Å². The Morgan fingerprint density at radius 1 is 1.04 bits per heavy atom. The van der Waals surface area contributed by atoms with Gasteiger partial charge in [-0.3, -0.25) is 4.98 Å². The molecule has 0 atom stereocenters. The predicted molar refractivity (Wildman–Crippen MR) is 103 cm³/mol. The van der Waals surface area contributed by atoms with Crippen molar-refractivity contribution in [2.45, 2.75) is 24.4 Å². The molecule has 0 saturated heterocycles. The Bertz CT molecular complexity index is 1050. The van der Waals surface area contributed by atoms with E-state index in [0.29, 0.717) is 22.6 Å². The highest BCUT2D eigenvalue weighted by molar-refractivity contribution is 7.98. The number of hydrogen-bond acceptors (Lipinski definition) is 7. The van der Waals surface area contributed by atoms with Crippen molar-refractivity contribution in [3.8, 4) is 22.8 Å². The van der Waals surface area contributed by atoms with Gasteiger partial charge in [-0.05, 0) is 37.3 Å². The summed E-state index contributed by atoms with van der Waals surface area (Å²) in [6, 6.07) is 11.2. The average Bonchev–Trinajstić information content (AvgIpc) is 3.34. The van der Waals surface area contributed by atoms with E-state index in [1.807, 2.05) is 28.8 Å². The predicted octanol–water partition coefficient (Wildman–Crippen LogP) is 4.36. The minimum absolute atomic E-state index is 0.447. The Morgan fingerprint density at radius 3 is 2.67 bits per heavy atom. The second-order valence-corrected chi connectivity index (χ2v) is 6.97. The molecular weight excluding hydrogens is 384 g/mol. The van der Waals surface area contributed by atoms with Gasteiger partial charge in [0.05, 0.1) is 5.75 Å². The molecular formula is C18H15ClN6OS. The molecule has 4 aromatic rings. The van der Waals surface area contributed by atoms with E-state index in [9.17, 15) is 0 Å². The maximum absolute atomic E-state index is 6.01. The number of thioether (sulfide) groups is 1. The molecule has 7 nitrogen and oxygen atoms in total. The number of benzene rings is 1. The van der Waals surface area contributed by atoms with E-state index in [0.717, 1.165) is 28.7 Å². The Hall–Kier alpha value is -2.71. The van der Waals surface area contributed by atoms with Crippen LogP contribution in [0.5, 0.6) is 0 Å². The molecule has 0 fully saturated rings. The normalized spacial score (nSPS) is 11.0. The third kappa shape index (κ3) is 3.86. The van der Waals surface area contributed by atoms with Gasteiger partial charge >= 0.3 is 0 Å². The van der Waals surface area contributed by atoms with Gasteiger partial charge in [0.1, 0.15) is 0 Å². The number of nitrogens with zero attached hydrogens (tertiary/aromatic N) is 6. The van der Waals surface area contributed by atoms with E-state index in [1.54, 1.807) is 24.5 Å². The van der Waals surface area contributed by atoms with Gasteiger partial charge in [0.25, 0.3) is 0 Å². The number of aromatic nitrogens is 6. The molecule has 1 aromatic carbocycles. The lowest BCUT2D eigenvalue weighted by Crippen LogP contribution is -2.00. The highest BCUT2D eigenvalue weighted by Gasteiger charge is 2.15. The molecule has 3 aromatic heterocycles. The van der Waals surface area contributed by atoms with Crippen LogP contribution in [0.3, 0.4) is 0 Å². The monoisotopic (exact) mass is 398 g/mol. The number of pyridine rings is 1. The van der Waals surface area contributed by atoms with E-state index in [-0.39, 0.29) is 0 Å². The van der Waals surface area contributed by atoms with Crippen molar-refractivity contribution in [1.29, 1.82) is 0 Å². The second-order valence-electron chi connectivity index (χ2n) is 5.59. The van der Waals surface area contributed by atoms with Crippen molar-refractivity contribution in [3.05, 3.63) is 59.7 Å². The smallest absolute Gasteiger partial charge is 0.247 e. The molecule has 0 amide bonds. The standard InChI is InChI=1S/C18H15ClN6OS/c1-2-25-16(12-6-8-20-9-7-12)22-24-18(25)27-11-15-21-23-17(26-15)13-4-3-5-14(19)10-13/h3-10H,2,11H2,1H3. The van der Waals surface area contributed by atoms with Gasteiger partial charge in [0.15, 0.2) is 11.0 Å². The maximum Gasteiger partial charge on any atom is 0.247 e. The summed E-state index contributed by atoms with van der Waals surface area (Å²) in [7, 11) is 0. The van der Waals surface area contributed by atoms with Gasteiger partial charge in [0.2, 0.25) is 11.8 Å². The number of halogens is 1. The van der Waals surface area contributed by atoms with Crippen LogP contribution in [0.2, 0.25) is 5.02 Å². The van der Waals surface area contributed by atoms with Crippen LogP contribution in [-0.4, -0.2) is 29.9 Å². The molecule has 27 heavy (non-hydrogen) atoms. The highest BCUT2D eigenvalue weighted by Crippen LogP contribution is 2.27. The summed E-state index contributed by atoms with van der Waals surface area (Å²) in [5, 5.41) is 18.3. The maximum atomic E-state index is 6.01. The summed E-state index contributed by atoms with van der Waals surface area (Å²) in [4.78, 5) is 4.04. The van der Waals surface area contributed by atoms with Crippen molar-refractivity contribution >= 4 is 23.4 Å². The quantitative estimate of drug-likeness (QED) is 0.446. The summed E-state index contributed by atoms with van der Waals surface area (Å²) >= 11 is 7.52. The zero-order chi connectivity index (χ0) is 18.6. The SMILES string of the molecule is CCn1c(SCc2nnc(-c3cccc(Cl)c3)o2)nnc1-c1ccncc1. The largest absolute Gasteiger partial charge is 0.420 e. The van der Waals surface area contributed by atoms with E-state index < -0.39 is 0 Å². The van der Waals surface area contributed by atoms with Crippen LogP contribution in [-0.2, 0) is 12.3 Å². The van der Waals surface area contributed by atoms with E-state index in [2.05, 4.69) is 32.3 Å². The molecule has 0 unspecified atom stereocenters. The van der Waals surface area contributed by atoms with E-state index >= 15 is 0 Å². The molecule has 9 heteroatoms. The highest BCUT2D eigenvalue weighted by atomic mass is 35.5. The fourth-order valence-electron chi connectivity index (χ4n) is 2.57. The summed E-state index contributed by atoms with van der Waals surface area (Å²) < 4.78 is 7.79. The minimum Gasteiger partial charge on any atom is -0.420 e. The molecule has 3 heterocycles. The van der Waals surface area contributed by atoms with Gasteiger partial charge in [-0.15, -0.1) is 20.4 Å². The molecule has 0 radical (unpaired) electrons. The van der Waals surface area contributed by atoms with Gasteiger partial charge < -0.3 is 8.98 Å².